The third kappa shape index (κ3) is 8.08. The summed E-state index contributed by atoms with van der Waals surface area (Å²) in [4.78, 5) is 26.8. The number of fused-ring (bicyclic) bond motifs is 1. The fraction of sp³-hybridized carbons (Fsp3) is 0.524. The van der Waals surface area contributed by atoms with Gasteiger partial charge >= 0.3 is 35.5 Å². The molecule has 0 radical (unpaired) electrons. The van der Waals surface area contributed by atoms with Crippen LogP contribution in [0.3, 0.4) is 0 Å². The second kappa shape index (κ2) is 13.0. The van der Waals surface area contributed by atoms with Crippen molar-refractivity contribution in [2.24, 2.45) is 0 Å². The van der Waals surface area contributed by atoms with E-state index in [1.54, 1.807) is 0 Å². The van der Waals surface area contributed by atoms with E-state index in [9.17, 15) is 14.7 Å². The topological polar surface area (TPSA) is 82.2 Å². The number of aromatic amines is 1. The van der Waals surface area contributed by atoms with Gasteiger partial charge in [-0.25, -0.2) is 4.79 Å². The van der Waals surface area contributed by atoms with Gasteiger partial charge in [-0.3, -0.25) is 4.79 Å². The molecule has 6 heteroatoms. The van der Waals surface area contributed by atoms with Gasteiger partial charge in [0.25, 0.3) is 0 Å². The molecule has 2 rings (SSSR count). The Labute approximate surface area is 185 Å². The largest absolute Gasteiger partial charge is 1.00 e. The molecule has 1 unspecified atom stereocenters. The van der Waals surface area contributed by atoms with Crippen molar-refractivity contribution in [1.29, 1.82) is 0 Å². The molecule has 0 bridgehead atoms. The quantitative estimate of drug-likeness (QED) is 0.385. The molecule has 3 N–H and O–H groups in total. The number of H-pyrrole nitrogens is 1. The normalized spacial score (nSPS) is 11.7. The Morgan fingerprint density at radius 2 is 1.78 bits per heavy atom. The van der Waals surface area contributed by atoms with Crippen LogP contribution in [0.25, 0.3) is 10.9 Å². The molecule has 0 saturated carbocycles. The number of carbonyl (C=O) groups is 2. The molecule has 1 aromatic heterocycles. The van der Waals surface area contributed by atoms with E-state index in [2.05, 4.69) is 17.2 Å². The van der Waals surface area contributed by atoms with Crippen LogP contribution in [-0.4, -0.2) is 28.0 Å². The predicted molar refractivity (Wildman–Crippen MR) is 105 cm³/mol. The number of aromatic nitrogens is 1. The molecule has 27 heavy (non-hydrogen) atoms. The summed E-state index contributed by atoms with van der Waals surface area (Å²) in [5.41, 5.74) is 1.88. The minimum Gasteiger partial charge on any atom is -1.00 e. The molecule has 0 aliphatic heterocycles. The van der Waals surface area contributed by atoms with Crippen LogP contribution < -0.4 is 34.9 Å². The maximum Gasteiger partial charge on any atom is 1.00 e. The summed E-state index contributed by atoms with van der Waals surface area (Å²) in [5, 5.41) is 13.1. The number of carboxylic acids is 1. The number of hydrogen-bond donors (Lipinski definition) is 3. The van der Waals surface area contributed by atoms with Crippen LogP contribution in [-0.2, 0) is 16.0 Å². The molecular formula is C21H31N2NaO3. The van der Waals surface area contributed by atoms with Gasteiger partial charge < -0.3 is 16.8 Å². The Hall–Kier alpha value is -1.30. The molecule has 0 spiro atoms. The second-order valence-corrected chi connectivity index (χ2v) is 6.89. The van der Waals surface area contributed by atoms with E-state index in [-0.39, 0.29) is 43.3 Å². The smallest absolute Gasteiger partial charge is 1.00 e. The number of hydrogen-bond acceptors (Lipinski definition) is 2. The van der Waals surface area contributed by atoms with Crippen molar-refractivity contribution in [2.45, 2.75) is 70.8 Å². The molecule has 1 aromatic carbocycles. The molecular weight excluding hydrogens is 351 g/mol. The van der Waals surface area contributed by atoms with Crippen LogP contribution in [0.15, 0.2) is 30.5 Å². The van der Waals surface area contributed by atoms with E-state index in [0.29, 0.717) is 6.42 Å². The SMILES string of the molecule is CCCCCCCCCC(=O)NC(Cc1c[nH]c2ccccc12)C(=O)O.[H-].[Na+]. The molecule has 2 aromatic rings. The van der Waals surface area contributed by atoms with Crippen molar-refractivity contribution >= 4 is 22.8 Å². The van der Waals surface area contributed by atoms with E-state index in [1.165, 1.54) is 25.7 Å². The molecule has 1 atom stereocenters. The number of benzene rings is 1. The fourth-order valence-electron chi connectivity index (χ4n) is 3.23. The standard InChI is InChI=1S/C21H30N2O3.Na.H/c1-2-3-4-5-6-7-8-13-20(24)23-19(21(25)26)14-16-15-22-18-12-10-9-11-17(16)18;;/h9-12,15,19,22H,2-8,13-14H2,1H3,(H,23,24)(H,25,26);;/q;+1;-1. The van der Waals surface area contributed by atoms with Crippen LogP contribution in [0.4, 0.5) is 0 Å². The van der Waals surface area contributed by atoms with E-state index in [1.807, 2.05) is 30.5 Å². The first kappa shape index (κ1) is 23.7. The van der Waals surface area contributed by atoms with E-state index in [0.717, 1.165) is 35.7 Å². The van der Waals surface area contributed by atoms with Crippen molar-refractivity contribution in [2.75, 3.05) is 0 Å². The van der Waals surface area contributed by atoms with Gasteiger partial charge in [-0.1, -0.05) is 63.6 Å². The van der Waals surface area contributed by atoms with Crippen LogP contribution in [0.5, 0.6) is 0 Å². The summed E-state index contributed by atoms with van der Waals surface area (Å²) < 4.78 is 0. The molecule has 1 amide bonds. The van der Waals surface area contributed by atoms with Crippen LogP contribution in [0.1, 0.15) is 65.3 Å². The first-order valence-corrected chi connectivity index (χ1v) is 9.69. The maximum absolute atomic E-state index is 12.1. The number of nitrogens with one attached hydrogen (secondary N) is 2. The second-order valence-electron chi connectivity index (χ2n) is 6.89. The van der Waals surface area contributed by atoms with E-state index >= 15 is 0 Å². The van der Waals surface area contributed by atoms with Crippen molar-refractivity contribution in [3.05, 3.63) is 36.0 Å². The Morgan fingerprint density at radius 1 is 1.11 bits per heavy atom. The van der Waals surface area contributed by atoms with Crippen molar-refractivity contribution < 1.29 is 45.7 Å². The van der Waals surface area contributed by atoms with Gasteiger partial charge in [0.15, 0.2) is 0 Å². The first-order valence-electron chi connectivity index (χ1n) is 9.69. The number of para-hydroxylation sites is 1. The number of aliphatic carboxylic acids is 1. The van der Waals surface area contributed by atoms with Gasteiger partial charge in [0, 0.05) is 29.9 Å². The fourth-order valence-corrected chi connectivity index (χ4v) is 3.23. The van der Waals surface area contributed by atoms with Crippen LogP contribution in [0.2, 0.25) is 0 Å². The summed E-state index contributed by atoms with van der Waals surface area (Å²) >= 11 is 0. The maximum atomic E-state index is 12.1. The summed E-state index contributed by atoms with van der Waals surface area (Å²) in [7, 11) is 0. The van der Waals surface area contributed by atoms with Gasteiger partial charge in [0.2, 0.25) is 5.91 Å². The van der Waals surface area contributed by atoms with Crippen LogP contribution in [0, 0.1) is 0 Å². The average Bonchev–Trinajstić information content (AvgIpc) is 3.03. The summed E-state index contributed by atoms with van der Waals surface area (Å²) in [6.07, 6.45) is 10.5. The van der Waals surface area contributed by atoms with Gasteiger partial charge in [0.05, 0.1) is 0 Å². The van der Waals surface area contributed by atoms with Gasteiger partial charge in [-0.05, 0) is 18.1 Å². The molecule has 5 nitrogen and oxygen atoms in total. The number of carbonyl (C=O) groups excluding carboxylic acids is 1. The van der Waals surface area contributed by atoms with Crippen molar-refractivity contribution in [3.8, 4) is 0 Å². The van der Waals surface area contributed by atoms with Gasteiger partial charge in [-0.15, -0.1) is 0 Å². The minimum atomic E-state index is -0.997. The Kier molecular flexibility index (Phi) is 11.4. The van der Waals surface area contributed by atoms with Crippen molar-refractivity contribution in [3.63, 3.8) is 0 Å². The number of unbranched alkanes of at least 4 members (excludes halogenated alkanes) is 6. The summed E-state index contributed by atoms with van der Waals surface area (Å²) in [5.74, 6) is -1.17. The minimum absolute atomic E-state index is 0. The molecule has 1 heterocycles. The Balaban J connectivity index is 0.00000364. The molecule has 144 valence electrons. The number of amides is 1. The Bertz CT molecular complexity index is 720. The molecule has 0 aliphatic carbocycles. The molecule has 0 aliphatic rings. The summed E-state index contributed by atoms with van der Waals surface area (Å²) in [6, 6.07) is 6.87. The number of carboxylic acid groups (broad SMARTS) is 1. The zero-order valence-electron chi connectivity index (χ0n) is 17.6. The number of rotatable bonds is 12. The monoisotopic (exact) mass is 382 g/mol. The summed E-state index contributed by atoms with van der Waals surface area (Å²) in [6.45, 7) is 2.19. The Morgan fingerprint density at radius 3 is 2.48 bits per heavy atom. The van der Waals surface area contributed by atoms with Crippen molar-refractivity contribution in [1.82, 2.24) is 10.3 Å². The third-order valence-corrected chi connectivity index (χ3v) is 4.74. The van der Waals surface area contributed by atoms with Gasteiger partial charge in [0.1, 0.15) is 6.04 Å². The zero-order valence-corrected chi connectivity index (χ0v) is 18.6. The molecule has 0 saturated heterocycles. The predicted octanol–water partition coefficient (Wildman–Crippen LogP) is 1.54. The first-order chi connectivity index (χ1) is 12.6. The van der Waals surface area contributed by atoms with E-state index in [4.69, 9.17) is 0 Å². The zero-order chi connectivity index (χ0) is 18.8. The van der Waals surface area contributed by atoms with Crippen LogP contribution >= 0.6 is 0 Å². The average molecular weight is 382 g/mol. The third-order valence-electron chi connectivity index (χ3n) is 4.74. The van der Waals surface area contributed by atoms with E-state index < -0.39 is 12.0 Å². The molecule has 0 fully saturated rings. The van der Waals surface area contributed by atoms with Gasteiger partial charge in [-0.2, -0.15) is 0 Å².